The van der Waals surface area contributed by atoms with Gasteiger partial charge in [-0.2, -0.15) is 11.8 Å². The number of rotatable bonds is 9. The van der Waals surface area contributed by atoms with Crippen molar-refractivity contribution in [2.24, 2.45) is 0 Å². The van der Waals surface area contributed by atoms with E-state index in [2.05, 4.69) is 5.32 Å². The van der Waals surface area contributed by atoms with Gasteiger partial charge in [0.15, 0.2) is 0 Å². The maximum absolute atomic E-state index is 13.6. The van der Waals surface area contributed by atoms with E-state index in [1.807, 2.05) is 32.0 Å². The lowest BCUT2D eigenvalue weighted by Crippen LogP contribution is -2.41. The minimum absolute atomic E-state index is 0.239. The highest BCUT2D eigenvalue weighted by atomic mass is 32.2. The second-order valence-corrected chi connectivity index (χ2v) is 9.52. The number of para-hydroxylation sites is 1. The van der Waals surface area contributed by atoms with E-state index in [1.165, 1.54) is 17.8 Å². The van der Waals surface area contributed by atoms with Gasteiger partial charge in [-0.1, -0.05) is 36.4 Å². The molecule has 5 nitrogen and oxygen atoms in total. The Balaban J connectivity index is 1.90. The van der Waals surface area contributed by atoms with Gasteiger partial charge in [0.2, 0.25) is 15.9 Å². The first-order valence-electron chi connectivity index (χ1n) is 8.82. The fourth-order valence-electron chi connectivity index (χ4n) is 2.81. The van der Waals surface area contributed by atoms with Crippen LogP contribution >= 0.6 is 11.8 Å². The third-order valence-corrected chi connectivity index (χ3v) is 6.28. The van der Waals surface area contributed by atoms with Crippen molar-refractivity contribution in [2.75, 3.05) is 29.4 Å². The molecule has 0 atom stereocenters. The van der Waals surface area contributed by atoms with Crippen molar-refractivity contribution < 1.29 is 17.6 Å². The zero-order chi connectivity index (χ0) is 20.7. The van der Waals surface area contributed by atoms with Crippen LogP contribution in [0.2, 0.25) is 0 Å². The molecule has 1 N–H and O–H groups in total. The Kier molecular flexibility index (Phi) is 7.88. The van der Waals surface area contributed by atoms with Crippen LogP contribution in [-0.2, 0) is 20.6 Å². The molecule has 2 aromatic rings. The van der Waals surface area contributed by atoms with Crippen molar-refractivity contribution in [1.29, 1.82) is 0 Å². The molecule has 0 spiro atoms. The topological polar surface area (TPSA) is 66.5 Å². The van der Waals surface area contributed by atoms with E-state index in [4.69, 9.17) is 0 Å². The van der Waals surface area contributed by atoms with Crippen LogP contribution in [0.5, 0.6) is 0 Å². The van der Waals surface area contributed by atoms with E-state index < -0.39 is 10.0 Å². The smallest absolute Gasteiger partial charge is 0.240 e. The number of anilines is 1. The molecule has 0 saturated carbocycles. The zero-order valence-electron chi connectivity index (χ0n) is 16.2. The van der Waals surface area contributed by atoms with E-state index in [1.54, 1.807) is 18.2 Å². The number of aryl methyl sites for hydroxylation is 2. The van der Waals surface area contributed by atoms with E-state index in [0.29, 0.717) is 29.3 Å². The molecule has 2 rings (SSSR count). The van der Waals surface area contributed by atoms with Crippen molar-refractivity contribution in [3.63, 3.8) is 0 Å². The summed E-state index contributed by atoms with van der Waals surface area (Å²) in [6, 6.07) is 12.1. The lowest BCUT2D eigenvalue weighted by molar-refractivity contribution is -0.119. The first-order chi connectivity index (χ1) is 13.2. The van der Waals surface area contributed by atoms with Crippen molar-refractivity contribution >= 4 is 33.4 Å². The normalized spacial score (nSPS) is 11.3. The van der Waals surface area contributed by atoms with Gasteiger partial charge in [-0.15, -0.1) is 0 Å². The first-order valence-corrected chi connectivity index (χ1v) is 11.8. The van der Waals surface area contributed by atoms with Crippen molar-refractivity contribution in [3.05, 3.63) is 65.0 Å². The summed E-state index contributed by atoms with van der Waals surface area (Å²) in [6.45, 7) is 3.74. The second-order valence-electron chi connectivity index (χ2n) is 6.50. The predicted molar refractivity (Wildman–Crippen MR) is 114 cm³/mol. The second kappa shape index (κ2) is 9.93. The van der Waals surface area contributed by atoms with E-state index in [9.17, 15) is 17.6 Å². The van der Waals surface area contributed by atoms with Crippen LogP contribution in [0.15, 0.2) is 42.5 Å². The molecule has 0 bridgehead atoms. The third-order valence-electron chi connectivity index (χ3n) is 4.16. The SMILES string of the molecule is Cc1cccc(C)c1N(CC(=O)NCCSCc1ccccc1F)S(C)(=O)=O. The number of halogens is 1. The molecule has 0 fully saturated rings. The number of nitrogens with zero attached hydrogens (tertiary/aromatic N) is 1. The molecule has 0 aliphatic heterocycles. The van der Waals surface area contributed by atoms with Gasteiger partial charge in [-0.05, 0) is 36.6 Å². The minimum Gasteiger partial charge on any atom is -0.354 e. The standard InChI is InChI=1S/C20H25FN2O3S2/c1-15-7-6-8-16(2)20(15)23(28(3,25)26)13-19(24)22-11-12-27-14-17-9-4-5-10-18(17)21/h4-10H,11-14H2,1-3H3,(H,22,24). The van der Waals surface area contributed by atoms with Crippen molar-refractivity contribution in [3.8, 4) is 0 Å². The zero-order valence-corrected chi connectivity index (χ0v) is 17.9. The van der Waals surface area contributed by atoms with Gasteiger partial charge in [-0.25, -0.2) is 12.8 Å². The molecule has 2 aromatic carbocycles. The molecule has 0 aliphatic carbocycles. The van der Waals surface area contributed by atoms with Crippen LogP contribution in [-0.4, -0.2) is 39.4 Å². The van der Waals surface area contributed by atoms with E-state index >= 15 is 0 Å². The maximum Gasteiger partial charge on any atom is 0.240 e. The van der Waals surface area contributed by atoms with Gasteiger partial charge in [0, 0.05) is 18.1 Å². The third kappa shape index (κ3) is 6.24. The van der Waals surface area contributed by atoms with Gasteiger partial charge in [-0.3, -0.25) is 9.10 Å². The van der Waals surface area contributed by atoms with E-state index in [-0.39, 0.29) is 18.3 Å². The highest BCUT2D eigenvalue weighted by Gasteiger charge is 2.23. The number of benzene rings is 2. The number of carbonyl (C=O) groups is 1. The number of hydrogen-bond acceptors (Lipinski definition) is 4. The molecular weight excluding hydrogens is 399 g/mol. The molecule has 8 heteroatoms. The molecule has 0 aromatic heterocycles. The average molecular weight is 425 g/mol. The summed E-state index contributed by atoms with van der Waals surface area (Å²) in [6.07, 6.45) is 1.09. The van der Waals surface area contributed by atoms with Crippen LogP contribution in [0.3, 0.4) is 0 Å². The van der Waals surface area contributed by atoms with E-state index in [0.717, 1.165) is 21.7 Å². The molecule has 0 saturated heterocycles. The summed E-state index contributed by atoms with van der Waals surface area (Å²) in [4.78, 5) is 12.3. The van der Waals surface area contributed by atoms with Crippen LogP contribution in [0.1, 0.15) is 16.7 Å². The summed E-state index contributed by atoms with van der Waals surface area (Å²) < 4.78 is 39.2. The van der Waals surface area contributed by atoms with Crippen molar-refractivity contribution in [1.82, 2.24) is 5.32 Å². The number of nitrogens with one attached hydrogen (secondary N) is 1. The molecule has 0 radical (unpaired) electrons. The Labute approximate surface area is 170 Å². The summed E-state index contributed by atoms with van der Waals surface area (Å²) in [5, 5.41) is 2.74. The maximum atomic E-state index is 13.6. The van der Waals surface area contributed by atoms with Gasteiger partial charge < -0.3 is 5.32 Å². The summed E-state index contributed by atoms with van der Waals surface area (Å²) >= 11 is 1.50. The highest BCUT2D eigenvalue weighted by molar-refractivity contribution is 7.98. The fourth-order valence-corrected chi connectivity index (χ4v) is 4.62. The summed E-state index contributed by atoms with van der Waals surface area (Å²) in [5.74, 6) is 0.499. The lowest BCUT2D eigenvalue weighted by Gasteiger charge is -2.25. The average Bonchev–Trinajstić information content (AvgIpc) is 2.61. The Bertz CT molecular complexity index is 913. The largest absolute Gasteiger partial charge is 0.354 e. The Morgan fingerprint density at radius 1 is 1.11 bits per heavy atom. The highest BCUT2D eigenvalue weighted by Crippen LogP contribution is 2.26. The van der Waals surface area contributed by atoms with Gasteiger partial charge >= 0.3 is 0 Å². The number of thioether (sulfide) groups is 1. The summed E-state index contributed by atoms with van der Waals surface area (Å²) in [5.41, 5.74) is 2.74. The van der Waals surface area contributed by atoms with Gasteiger partial charge in [0.1, 0.15) is 12.4 Å². The number of amides is 1. The monoisotopic (exact) mass is 424 g/mol. The predicted octanol–water partition coefficient (Wildman–Crippen LogP) is 3.26. The number of hydrogen-bond donors (Lipinski definition) is 1. The molecule has 0 heterocycles. The minimum atomic E-state index is -3.61. The summed E-state index contributed by atoms with van der Waals surface area (Å²) in [7, 11) is -3.61. The molecule has 1 amide bonds. The van der Waals surface area contributed by atoms with Crippen LogP contribution < -0.4 is 9.62 Å². The fraction of sp³-hybridized carbons (Fsp3) is 0.350. The van der Waals surface area contributed by atoms with Crippen molar-refractivity contribution in [2.45, 2.75) is 19.6 Å². The molecule has 28 heavy (non-hydrogen) atoms. The molecule has 152 valence electrons. The Hall–Kier alpha value is -2.06. The molecular formula is C20H25FN2O3S2. The first kappa shape index (κ1) is 22.2. The van der Waals surface area contributed by atoms with Gasteiger partial charge in [0.05, 0.1) is 11.9 Å². The van der Waals surface area contributed by atoms with Gasteiger partial charge in [0.25, 0.3) is 0 Å². The number of sulfonamides is 1. The Morgan fingerprint density at radius 3 is 2.36 bits per heavy atom. The van der Waals surface area contributed by atoms with Crippen LogP contribution in [0.25, 0.3) is 0 Å². The number of carbonyl (C=O) groups excluding carboxylic acids is 1. The van der Waals surface area contributed by atoms with Crippen LogP contribution in [0, 0.1) is 19.7 Å². The lowest BCUT2D eigenvalue weighted by atomic mass is 10.1. The quantitative estimate of drug-likeness (QED) is 0.628. The van der Waals surface area contributed by atoms with Crippen LogP contribution in [0.4, 0.5) is 10.1 Å². The molecule has 0 aliphatic rings. The molecule has 0 unspecified atom stereocenters. The Morgan fingerprint density at radius 2 is 1.75 bits per heavy atom.